The molecule has 0 aliphatic rings. The van der Waals surface area contributed by atoms with E-state index >= 15 is 0 Å². The Morgan fingerprint density at radius 1 is 1.07 bits per heavy atom. The third kappa shape index (κ3) is 3.17. The lowest BCUT2D eigenvalue weighted by Crippen LogP contribution is -2.04. The number of hydrogen-bond acceptors (Lipinski definition) is 3. The molecule has 2 N–H and O–H groups in total. The van der Waals surface area contributed by atoms with Crippen LogP contribution in [0.1, 0.15) is 18.5 Å². The van der Waals surface area contributed by atoms with Crippen LogP contribution in [0.15, 0.2) is 67.0 Å². The number of nitrogens with zero attached hydrogens (tertiary/aromatic N) is 2. The second-order valence-corrected chi connectivity index (χ2v) is 6.55. The molecule has 0 amide bonds. The number of aromatic nitrogens is 2. The highest BCUT2D eigenvalue weighted by molar-refractivity contribution is 5.79. The van der Waals surface area contributed by atoms with Crippen LogP contribution >= 0.6 is 0 Å². The summed E-state index contributed by atoms with van der Waals surface area (Å²) in [5, 5.41) is 0. The molecule has 0 bridgehead atoms. The van der Waals surface area contributed by atoms with Gasteiger partial charge in [-0.25, -0.2) is 9.37 Å². The molecule has 0 spiro atoms. The molecule has 5 heteroatoms. The van der Waals surface area contributed by atoms with Crippen LogP contribution < -0.4 is 10.5 Å². The number of hydrogen-bond donors (Lipinski definition) is 1. The highest BCUT2D eigenvalue weighted by atomic mass is 19.1. The lowest BCUT2D eigenvalue weighted by molar-refractivity contribution is 0.413. The second kappa shape index (κ2) is 6.85. The normalized spacial score (nSPS) is 12.3. The summed E-state index contributed by atoms with van der Waals surface area (Å²) >= 11 is 0. The lowest BCUT2D eigenvalue weighted by atomic mass is 10.0. The topological polar surface area (TPSA) is 53.1 Å². The molecule has 3 aromatic carbocycles. The van der Waals surface area contributed by atoms with E-state index in [2.05, 4.69) is 4.98 Å². The zero-order valence-electron chi connectivity index (χ0n) is 15.2. The van der Waals surface area contributed by atoms with Gasteiger partial charge in [-0.15, -0.1) is 0 Å². The van der Waals surface area contributed by atoms with Crippen LogP contribution in [0.25, 0.3) is 27.8 Å². The smallest absolute Gasteiger partial charge is 0.129 e. The number of nitrogens with two attached hydrogens (primary N) is 1. The number of fused-ring (bicyclic) bond motifs is 1. The molecule has 0 saturated carbocycles. The van der Waals surface area contributed by atoms with Gasteiger partial charge in [-0.05, 0) is 54.4 Å². The zero-order chi connectivity index (χ0) is 19.0. The van der Waals surface area contributed by atoms with Crippen molar-refractivity contribution >= 4 is 11.0 Å². The highest BCUT2D eigenvalue weighted by Gasteiger charge is 2.11. The van der Waals surface area contributed by atoms with Crippen molar-refractivity contribution in [3.8, 4) is 22.6 Å². The average molecular weight is 361 g/mol. The Morgan fingerprint density at radius 2 is 1.93 bits per heavy atom. The Bertz CT molecular complexity index is 1120. The van der Waals surface area contributed by atoms with E-state index in [0.29, 0.717) is 5.75 Å². The monoisotopic (exact) mass is 361 g/mol. The van der Waals surface area contributed by atoms with Gasteiger partial charge in [-0.1, -0.05) is 18.2 Å². The van der Waals surface area contributed by atoms with Gasteiger partial charge >= 0.3 is 0 Å². The minimum absolute atomic E-state index is 0.0335. The number of methoxy groups -OCH3 is 1. The summed E-state index contributed by atoms with van der Waals surface area (Å²) in [4.78, 5) is 4.52. The minimum Gasteiger partial charge on any atom is -0.496 e. The fraction of sp³-hybridized carbons (Fsp3) is 0.136. The van der Waals surface area contributed by atoms with E-state index in [1.807, 2.05) is 54.0 Å². The molecular formula is C22H20FN3O. The Labute approximate surface area is 157 Å². The van der Waals surface area contributed by atoms with E-state index in [1.165, 1.54) is 12.1 Å². The molecule has 4 nitrogen and oxygen atoms in total. The van der Waals surface area contributed by atoms with Gasteiger partial charge in [0.1, 0.15) is 17.9 Å². The molecule has 1 aromatic heterocycles. The van der Waals surface area contributed by atoms with E-state index in [-0.39, 0.29) is 11.9 Å². The Balaban J connectivity index is 1.81. The number of halogens is 1. The van der Waals surface area contributed by atoms with Crippen LogP contribution in [0.5, 0.6) is 5.75 Å². The van der Waals surface area contributed by atoms with Gasteiger partial charge in [-0.2, -0.15) is 0 Å². The van der Waals surface area contributed by atoms with Gasteiger partial charge in [0.25, 0.3) is 0 Å². The summed E-state index contributed by atoms with van der Waals surface area (Å²) in [6.45, 7) is 1.96. The molecule has 0 saturated heterocycles. The summed E-state index contributed by atoms with van der Waals surface area (Å²) in [6.07, 6.45) is 1.80. The first-order chi connectivity index (χ1) is 13.1. The van der Waals surface area contributed by atoms with Gasteiger partial charge in [0.05, 0.1) is 18.1 Å². The summed E-state index contributed by atoms with van der Waals surface area (Å²) in [5.74, 6) is 0.182. The van der Waals surface area contributed by atoms with E-state index in [9.17, 15) is 4.39 Å². The fourth-order valence-corrected chi connectivity index (χ4v) is 3.25. The summed E-state index contributed by atoms with van der Waals surface area (Å²) in [6, 6.07) is 18.6. The van der Waals surface area contributed by atoms with Gasteiger partial charge in [0.2, 0.25) is 0 Å². The maximum Gasteiger partial charge on any atom is 0.129 e. The molecule has 0 aliphatic carbocycles. The molecule has 0 fully saturated rings. The van der Waals surface area contributed by atoms with Crippen molar-refractivity contribution in [3.63, 3.8) is 0 Å². The molecule has 0 aliphatic heterocycles. The quantitative estimate of drug-likeness (QED) is 0.565. The average Bonchev–Trinajstić information content (AvgIpc) is 3.11. The van der Waals surface area contributed by atoms with Crippen LogP contribution in [0.2, 0.25) is 0 Å². The first-order valence-corrected chi connectivity index (χ1v) is 8.74. The zero-order valence-corrected chi connectivity index (χ0v) is 15.2. The van der Waals surface area contributed by atoms with Crippen molar-refractivity contribution in [2.45, 2.75) is 13.0 Å². The minimum atomic E-state index is -0.322. The van der Waals surface area contributed by atoms with Gasteiger partial charge in [0.15, 0.2) is 0 Å². The molecule has 4 rings (SSSR count). The number of benzene rings is 3. The summed E-state index contributed by atoms with van der Waals surface area (Å²) in [7, 11) is 1.54. The van der Waals surface area contributed by atoms with Crippen molar-refractivity contribution in [3.05, 3.63) is 78.4 Å². The number of ether oxygens (including phenoxy) is 1. The van der Waals surface area contributed by atoms with Crippen molar-refractivity contribution in [1.29, 1.82) is 0 Å². The Morgan fingerprint density at radius 3 is 2.70 bits per heavy atom. The largest absolute Gasteiger partial charge is 0.496 e. The molecular weight excluding hydrogens is 341 g/mol. The first-order valence-electron chi connectivity index (χ1n) is 8.74. The molecule has 136 valence electrons. The van der Waals surface area contributed by atoms with Crippen LogP contribution in [0, 0.1) is 5.82 Å². The van der Waals surface area contributed by atoms with Gasteiger partial charge in [-0.3, -0.25) is 4.57 Å². The van der Waals surface area contributed by atoms with Crippen molar-refractivity contribution in [1.82, 2.24) is 9.55 Å². The third-order valence-electron chi connectivity index (χ3n) is 4.70. The molecule has 1 heterocycles. The molecule has 27 heavy (non-hydrogen) atoms. The molecule has 1 atom stereocenters. The second-order valence-electron chi connectivity index (χ2n) is 6.55. The van der Waals surface area contributed by atoms with E-state index in [4.69, 9.17) is 10.5 Å². The SMILES string of the molecule is COc1cc(F)ccc1-c1cccc(-n2cnc3cc(C(C)N)ccc32)c1. The van der Waals surface area contributed by atoms with Gasteiger partial charge < -0.3 is 10.5 Å². The fourth-order valence-electron chi connectivity index (χ4n) is 3.25. The number of imidazole rings is 1. The van der Waals surface area contributed by atoms with E-state index < -0.39 is 0 Å². The van der Waals surface area contributed by atoms with E-state index in [0.717, 1.165) is 33.4 Å². The van der Waals surface area contributed by atoms with Gasteiger partial charge in [0, 0.05) is 23.4 Å². The van der Waals surface area contributed by atoms with Crippen molar-refractivity contribution in [2.24, 2.45) is 5.73 Å². The number of rotatable bonds is 4. The summed E-state index contributed by atoms with van der Waals surface area (Å²) in [5.41, 5.74) is 11.7. The third-order valence-corrected chi connectivity index (χ3v) is 4.70. The molecule has 4 aromatic rings. The Kier molecular flexibility index (Phi) is 4.38. The van der Waals surface area contributed by atoms with Crippen LogP contribution in [-0.2, 0) is 0 Å². The van der Waals surface area contributed by atoms with Crippen LogP contribution in [-0.4, -0.2) is 16.7 Å². The maximum atomic E-state index is 13.5. The predicted octanol–water partition coefficient (Wildman–Crippen LogP) is 4.86. The van der Waals surface area contributed by atoms with Crippen molar-refractivity contribution in [2.75, 3.05) is 7.11 Å². The van der Waals surface area contributed by atoms with Crippen LogP contribution in [0.4, 0.5) is 4.39 Å². The maximum absolute atomic E-state index is 13.5. The molecule has 0 radical (unpaired) electrons. The van der Waals surface area contributed by atoms with E-state index in [1.54, 1.807) is 19.5 Å². The lowest BCUT2D eigenvalue weighted by Gasteiger charge is -2.11. The van der Waals surface area contributed by atoms with Crippen molar-refractivity contribution < 1.29 is 9.13 Å². The Hall–Kier alpha value is -3.18. The highest BCUT2D eigenvalue weighted by Crippen LogP contribution is 2.32. The first kappa shape index (κ1) is 17.2. The predicted molar refractivity (Wildman–Crippen MR) is 106 cm³/mol. The standard InChI is InChI=1S/C22H20FN3O/c1-14(24)15-6-9-21-20(11-15)25-13-26(21)18-5-3-4-16(10-18)19-8-7-17(23)12-22(19)27-2/h3-14H,24H2,1-2H3. The molecule has 1 unspecified atom stereocenters. The summed E-state index contributed by atoms with van der Waals surface area (Å²) < 4.78 is 20.9. The van der Waals surface area contributed by atoms with Crippen LogP contribution in [0.3, 0.4) is 0 Å².